The molecule has 4 saturated heterocycles. The number of carbonyl (C=O) groups excluding carboxylic acids is 5. The highest BCUT2D eigenvalue weighted by molar-refractivity contribution is 6.25. The van der Waals surface area contributed by atoms with Crippen LogP contribution in [0.4, 0.5) is 17.3 Å². The summed E-state index contributed by atoms with van der Waals surface area (Å²) in [6, 6.07) is 12.5. The normalized spacial score (nSPS) is 22.6. The number of aromatic nitrogens is 3. The van der Waals surface area contributed by atoms with Crippen molar-refractivity contribution in [2.45, 2.75) is 50.6 Å². The van der Waals surface area contributed by atoms with E-state index < -0.39 is 23.8 Å². The average Bonchev–Trinajstić information content (AvgIpc) is 3.90. The summed E-state index contributed by atoms with van der Waals surface area (Å²) < 4.78 is 0. The standard InChI is InChI=1S/C41H46N10O5/c1-47-13-3-6-31(47)30-20-27-23-42-34(21-29(27)44-30)45-38(53)26-7-9-35(43-22-26)50-18-16-48(17-19-50)24-25-11-14-49(15-12-25)32-5-2-4-28-37(32)41(56)51(40(28)55)33-8-10-36(52)46-39(33)54/h2,4-5,7,9,20-23,25,31,33,44H,3,6,8,10-19,24H2,1H3,(H,42,45,53)(H,46,52,54)/t31-,33?/m1/s1. The fraction of sp³-hybridized carbons (Fsp3) is 0.439. The van der Waals surface area contributed by atoms with E-state index in [2.05, 4.69) is 58.3 Å². The lowest BCUT2D eigenvalue weighted by Crippen LogP contribution is -2.54. The molecule has 3 aromatic heterocycles. The molecule has 8 heterocycles. The number of H-pyrrole nitrogens is 1. The largest absolute Gasteiger partial charge is 0.371 e. The predicted molar refractivity (Wildman–Crippen MR) is 210 cm³/mol. The van der Waals surface area contributed by atoms with E-state index in [4.69, 9.17) is 0 Å². The average molecular weight is 759 g/mol. The molecule has 0 saturated carbocycles. The number of hydrogen-bond acceptors (Lipinski definition) is 11. The van der Waals surface area contributed by atoms with Crippen LogP contribution in [0, 0.1) is 5.92 Å². The molecule has 4 fully saturated rings. The number of piperazine rings is 1. The molecule has 0 spiro atoms. The quantitative estimate of drug-likeness (QED) is 0.226. The van der Waals surface area contributed by atoms with Gasteiger partial charge < -0.3 is 20.1 Å². The molecule has 0 bridgehead atoms. The van der Waals surface area contributed by atoms with E-state index >= 15 is 0 Å². The Morgan fingerprint density at radius 1 is 0.839 bits per heavy atom. The summed E-state index contributed by atoms with van der Waals surface area (Å²) in [5.41, 5.74) is 4.01. The van der Waals surface area contributed by atoms with Crippen molar-refractivity contribution < 1.29 is 24.0 Å². The number of benzene rings is 1. The lowest BCUT2D eigenvalue weighted by Gasteiger charge is -2.40. The summed E-state index contributed by atoms with van der Waals surface area (Å²) in [5.74, 6) is -0.335. The van der Waals surface area contributed by atoms with Gasteiger partial charge in [0.2, 0.25) is 11.8 Å². The number of likely N-dealkylation sites (tertiary alicyclic amines) is 1. The maximum absolute atomic E-state index is 13.6. The number of nitrogens with zero attached hydrogens (tertiary/aromatic N) is 7. The third-order valence-electron chi connectivity index (χ3n) is 12.3. The van der Waals surface area contributed by atoms with Gasteiger partial charge >= 0.3 is 0 Å². The Morgan fingerprint density at radius 3 is 2.39 bits per heavy atom. The first-order valence-electron chi connectivity index (χ1n) is 19.7. The van der Waals surface area contributed by atoms with Gasteiger partial charge in [-0.25, -0.2) is 9.97 Å². The minimum Gasteiger partial charge on any atom is -0.371 e. The van der Waals surface area contributed by atoms with E-state index in [0.29, 0.717) is 34.5 Å². The van der Waals surface area contributed by atoms with Crippen LogP contribution in [-0.2, 0) is 9.59 Å². The van der Waals surface area contributed by atoms with E-state index in [9.17, 15) is 24.0 Å². The van der Waals surface area contributed by atoms with Crippen LogP contribution in [-0.4, -0.2) is 125 Å². The van der Waals surface area contributed by atoms with Crippen LogP contribution in [0.1, 0.15) is 81.3 Å². The SMILES string of the molecule is CN1CCC[C@@H]1c1cc2cnc(NC(=O)c3ccc(N4CCN(CC5CCN(c6cccc7c6C(=O)N(C6CCC(=O)NC6=O)C7=O)CC5)CC4)nc3)cc2[nH]1. The predicted octanol–water partition coefficient (Wildman–Crippen LogP) is 3.42. The van der Waals surface area contributed by atoms with Crippen LogP contribution in [0.3, 0.4) is 0 Å². The highest BCUT2D eigenvalue weighted by Crippen LogP contribution is 2.36. The molecule has 2 atom stereocenters. The van der Waals surface area contributed by atoms with Crippen molar-refractivity contribution in [3.63, 3.8) is 0 Å². The molecular weight excluding hydrogens is 713 g/mol. The second-order valence-electron chi connectivity index (χ2n) is 15.7. The number of fused-ring (bicyclic) bond motifs is 2. The third kappa shape index (κ3) is 6.78. The van der Waals surface area contributed by atoms with E-state index in [0.717, 1.165) is 98.9 Å². The van der Waals surface area contributed by atoms with Crippen molar-refractivity contribution in [1.82, 2.24) is 35.0 Å². The zero-order valence-corrected chi connectivity index (χ0v) is 31.5. The van der Waals surface area contributed by atoms with Gasteiger partial charge in [0.15, 0.2) is 0 Å². The van der Waals surface area contributed by atoms with Gasteiger partial charge in [-0.3, -0.25) is 44.0 Å². The molecule has 9 rings (SSSR count). The van der Waals surface area contributed by atoms with Crippen molar-refractivity contribution in [1.29, 1.82) is 0 Å². The number of pyridine rings is 2. The Morgan fingerprint density at radius 2 is 1.66 bits per heavy atom. The van der Waals surface area contributed by atoms with Gasteiger partial charge in [0.1, 0.15) is 17.7 Å². The number of rotatable bonds is 8. The van der Waals surface area contributed by atoms with Crippen LogP contribution in [0.25, 0.3) is 10.9 Å². The molecule has 4 aromatic rings. The Labute approximate surface area is 324 Å². The number of hydrogen-bond donors (Lipinski definition) is 3. The lowest BCUT2D eigenvalue weighted by atomic mass is 9.94. The smallest absolute Gasteiger partial charge is 0.264 e. The van der Waals surface area contributed by atoms with Crippen molar-refractivity contribution in [3.8, 4) is 0 Å². The van der Waals surface area contributed by atoms with Gasteiger partial charge in [-0.2, -0.15) is 0 Å². The number of aromatic amines is 1. The molecule has 5 amide bonds. The van der Waals surface area contributed by atoms with Crippen LogP contribution in [0.5, 0.6) is 0 Å². The van der Waals surface area contributed by atoms with Gasteiger partial charge in [-0.15, -0.1) is 0 Å². The van der Waals surface area contributed by atoms with Gasteiger partial charge in [0.25, 0.3) is 17.7 Å². The molecule has 1 aromatic carbocycles. The molecular formula is C41H46N10O5. The van der Waals surface area contributed by atoms with Crippen LogP contribution >= 0.6 is 0 Å². The molecule has 1 unspecified atom stereocenters. The summed E-state index contributed by atoms with van der Waals surface area (Å²) in [7, 11) is 2.15. The zero-order chi connectivity index (χ0) is 38.5. The summed E-state index contributed by atoms with van der Waals surface area (Å²) in [6.45, 7) is 7.12. The minimum atomic E-state index is -0.978. The number of carbonyl (C=O) groups is 5. The molecule has 5 aliphatic heterocycles. The fourth-order valence-electron chi connectivity index (χ4n) is 9.14. The number of anilines is 3. The first-order chi connectivity index (χ1) is 27.2. The van der Waals surface area contributed by atoms with Gasteiger partial charge in [-0.1, -0.05) is 6.07 Å². The molecule has 15 nitrogen and oxygen atoms in total. The molecule has 5 aliphatic rings. The second-order valence-corrected chi connectivity index (χ2v) is 15.7. The van der Waals surface area contributed by atoms with Crippen LogP contribution < -0.4 is 20.4 Å². The summed E-state index contributed by atoms with van der Waals surface area (Å²) in [6.07, 6.45) is 7.90. The highest BCUT2D eigenvalue weighted by Gasteiger charge is 2.46. The highest BCUT2D eigenvalue weighted by atomic mass is 16.2. The van der Waals surface area contributed by atoms with Crippen molar-refractivity contribution in [2.24, 2.45) is 5.92 Å². The monoisotopic (exact) mass is 758 g/mol. The summed E-state index contributed by atoms with van der Waals surface area (Å²) in [5, 5.41) is 6.22. The van der Waals surface area contributed by atoms with E-state index in [1.54, 1.807) is 24.5 Å². The van der Waals surface area contributed by atoms with Crippen LogP contribution in [0.2, 0.25) is 0 Å². The van der Waals surface area contributed by atoms with E-state index in [1.807, 2.05) is 24.3 Å². The molecule has 56 heavy (non-hydrogen) atoms. The fourth-order valence-corrected chi connectivity index (χ4v) is 9.14. The van der Waals surface area contributed by atoms with Crippen molar-refractivity contribution >= 4 is 57.8 Å². The van der Waals surface area contributed by atoms with Gasteiger partial charge in [0, 0.05) is 87.8 Å². The van der Waals surface area contributed by atoms with E-state index in [-0.39, 0.29) is 24.7 Å². The Hall–Kier alpha value is -5.67. The maximum Gasteiger partial charge on any atom is 0.264 e. The number of amides is 5. The first-order valence-corrected chi connectivity index (χ1v) is 19.7. The summed E-state index contributed by atoms with van der Waals surface area (Å²) in [4.78, 5) is 87.3. The number of imide groups is 2. The van der Waals surface area contributed by atoms with Crippen molar-refractivity contribution in [2.75, 3.05) is 74.5 Å². The molecule has 0 aliphatic carbocycles. The third-order valence-corrected chi connectivity index (χ3v) is 12.3. The summed E-state index contributed by atoms with van der Waals surface area (Å²) >= 11 is 0. The topological polar surface area (TPSA) is 167 Å². The second kappa shape index (κ2) is 14.8. The number of nitrogens with one attached hydrogen (secondary N) is 3. The first kappa shape index (κ1) is 36.0. The lowest BCUT2D eigenvalue weighted by molar-refractivity contribution is -0.136. The van der Waals surface area contributed by atoms with Crippen LogP contribution in [0.15, 0.2) is 54.9 Å². The minimum absolute atomic E-state index is 0.0921. The molecule has 15 heteroatoms. The van der Waals surface area contributed by atoms with Crippen molar-refractivity contribution in [3.05, 3.63) is 77.2 Å². The Kier molecular flexibility index (Phi) is 9.49. The molecule has 3 N–H and O–H groups in total. The molecule has 0 radical (unpaired) electrons. The molecule has 290 valence electrons. The number of piperidine rings is 2. The zero-order valence-electron chi connectivity index (χ0n) is 31.5. The van der Waals surface area contributed by atoms with Gasteiger partial charge in [-0.05, 0) is 81.9 Å². The van der Waals surface area contributed by atoms with Gasteiger partial charge in [0.05, 0.1) is 27.9 Å². The Balaban J connectivity index is 0.750. The van der Waals surface area contributed by atoms with E-state index in [1.165, 1.54) is 12.1 Å². The maximum atomic E-state index is 13.6. The Bertz CT molecular complexity index is 2210.